The first-order valence-corrected chi connectivity index (χ1v) is 21.4. The van der Waals surface area contributed by atoms with E-state index in [9.17, 15) is 14.7 Å². The zero-order valence-corrected chi connectivity index (χ0v) is 35.1. The molecule has 9 rings (SSSR count). The predicted molar refractivity (Wildman–Crippen MR) is 219 cm³/mol. The molecule has 312 valence electrons. The highest BCUT2D eigenvalue weighted by molar-refractivity contribution is 5.90. The third kappa shape index (κ3) is 5.06. The minimum atomic E-state index is -2.26. The molecule has 6 aliphatic heterocycles. The van der Waals surface area contributed by atoms with Crippen molar-refractivity contribution >= 4 is 29.3 Å². The highest BCUT2D eigenvalue weighted by Gasteiger charge is 2.80. The number of hydrogen-bond acceptors (Lipinski definition) is 12. The summed E-state index contributed by atoms with van der Waals surface area (Å²) in [4.78, 5) is 49.8. The summed E-state index contributed by atoms with van der Waals surface area (Å²) in [5.74, 6) is -0.404. The second kappa shape index (κ2) is 14.0. The number of likely N-dealkylation sites (N-methyl/N-ethyl adjacent to an activating group) is 1. The van der Waals surface area contributed by atoms with Crippen molar-refractivity contribution in [1.82, 2.24) is 9.80 Å². The Morgan fingerprint density at radius 1 is 0.983 bits per heavy atom. The molecule has 2 N–H and O–H groups in total. The molecule has 58 heavy (non-hydrogen) atoms. The summed E-state index contributed by atoms with van der Waals surface area (Å²) in [6, 6.07) is 11.2. The van der Waals surface area contributed by atoms with Crippen molar-refractivity contribution in [2.75, 3.05) is 71.3 Å². The van der Waals surface area contributed by atoms with Crippen molar-refractivity contribution in [3.05, 3.63) is 65.2 Å². The van der Waals surface area contributed by atoms with Crippen LogP contribution in [-0.4, -0.2) is 124 Å². The fourth-order valence-corrected chi connectivity index (χ4v) is 14.0. The van der Waals surface area contributed by atoms with Crippen LogP contribution in [0.15, 0.2) is 48.6 Å². The van der Waals surface area contributed by atoms with Crippen LogP contribution in [0.1, 0.15) is 81.9 Å². The smallest absolute Gasteiger partial charge is 0.344 e. The van der Waals surface area contributed by atoms with Gasteiger partial charge in [0.2, 0.25) is 5.60 Å². The summed E-state index contributed by atoms with van der Waals surface area (Å²) < 4.78 is 24.1. The normalized spacial score (nSPS) is 39.3. The monoisotopic (exact) mass is 796 g/mol. The first-order valence-electron chi connectivity index (χ1n) is 21.4. The van der Waals surface area contributed by atoms with E-state index in [1.807, 2.05) is 31.0 Å². The van der Waals surface area contributed by atoms with E-state index in [-0.39, 0.29) is 29.9 Å². The van der Waals surface area contributed by atoms with E-state index >= 15 is 4.79 Å². The van der Waals surface area contributed by atoms with Crippen molar-refractivity contribution < 1.29 is 38.4 Å². The highest BCUT2D eigenvalue weighted by Crippen LogP contribution is 2.68. The number of carbonyl (C=O) groups excluding carboxylic acids is 3. The fraction of sp³-hybridized carbons (Fsp3) is 0.630. The van der Waals surface area contributed by atoms with Crippen LogP contribution in [-0.2, 0) is 39.4 Å². The summed E-state index contributed by atoms with van der Waals surface area (Å²) in [6.07, 6.45) is 7.59. The molecule has 2 aromatic carbocycles. The first kappa shape index (κ1) is 39.3. The van der Waals surface area contributed by atoms with Gasteiger partial charge in [-0.2, -0.15) is 0 Å². The Balaban J connectivity index is 1.33. The van der Waals surface area contributed by atoms with Crippen molar-refractivity contribution in [3.8, 4) is 5.75 Å². The number of esters is 3. The molecular weight excluding hydrogens is 737 g/mol. The molecule has 0 aromatic heterocycles. The van der Waals surface area contributed by atoms with E-state index < -0.39 is 45.9 Å². The average molecular weight is 797 g/mol. The number of benzene rings is 2. The van der Waals surface area contributed by atoms with Gasteiger partial charge in [0, 0.05) is 79.4 Å². The molecule has 1 aliphatic carbocycles. The van der Waals surface area contributed by atoms with Crippen LogP contribution in [0.3, 0.4) is 0 Å². The van der Waals surface area contributed by atoms with Gasteiger partial charge in [0.25, 0.3) is 0 Å². The number of fused-ring (bicyclic) bond motifs is 6. The Morgan fingerprint density at radius 3 is 2.47 bits per heavy atom. The lowest BCUT2D eigenvalue weighted by Crippen LogP contribution is -2.81. The maximum absolute atomic E-state index is 15.3. The Morgan fingerprint density at radius 2 is 1.76 bits per heavy atom. The number of piperidine rings is 1. The minimum absolute atomic E-state index is 0.0167. The summed E-state index contributed by atoms with van der Waals surface area (Å²) in [7, 11) is 6.34. The molecule has 0 amide bonds. The van der Waals surface area contributed by atoms with Crippen LogP contribution in [0.4, 0.5) is 11.4 Å². The van der Waals surface area contributed by atoms with E-state index in [4.69, 9.17) is 18.9 Å². The molecule has 1 spiro atoms. The van der Waals surface area contributed by atoms with Gasteiger partial charge in [-0.25, -0.2) is 4.79 Å². The number of para-hydroxylation sites is 1. The SMILES string of the molecule is CC[C@H]1C[C@@H]2CN(CC[C@@H]3c4ccccc4NC3[C@@](C(=O)OC)(c3cc4c(cc3OC)N(C)[C@H]3[C@@](O)(C(=O)OC)[C@H](OC(C)=O)[C@]5(CC)C=CCN6CC[C@]43[C@@H]65)C2)C1. The Bertz CT molecular complexity index is 2040. The Hall–Kier alpha value is -4.13. The molecule has 2 aromatic rings. The number of anilines is 2. The second-order valence-corrected chi connectivity index (χ2v) is 18.4. The summed E-state index contributed by atoms with van der Waals surface area (Å²) in [5, 5.41) is 17.3. The Labute approximate surface area is 342 Å². The standard InChI is InChI=1S/C46H60N4O8/c1-8-28-21-29-24-45(41(52)56-6,37-31(15-19-49(25-28)26-29)30-13-10-11-14-34(30)47-37)33-22-32-35(23-36(33)55-5)48(4)39-44(32)17-20-50-18-12-16-43(9-2,38(44)50)40(58-27(3)51)46(39,54)42(53)57-7/h10-14,16,22-23,28-29,31,37-40,47,54H,8-9,15,17-21,24-26H2,1-7H3/t28-,29-,31+,37?,38-,39+,40+,43+,44+,45-,46-/m0/s1. The van der Waals surface area contributed by atoms with Gasteiger partial charge in [-0.05, 0) is 80.3 Å². The van der Waals surface area contributed by atoms with E-state index in [1.165, 1.54) is 26.7 Å². The molecule has 0 radical (unpaired) electrons. The molecule has 3 saturated heterocycles. The molecule has 4 fully saturated rings. The molecule has 2 bridgehead atoms. The number of aliphatic hydroxyl groups is 1. The van der Waals surface area contributed by atoms with Crippen molar-refractivity contribution in [1.29, 1.82) is 0 Å². The van der Waals surface area contributed by atoms with Crippen LogP contribution < -0.4 is 15.0 Å². The lowest BCUT2D eigenvalue weighted by Gasteiger charge is -2.63. The van der Waals surface area contributed by atoms with Gasteiger partial charge in [0.05, 0.1) is 33.4 Å². The number of nitrogens with zero attached hydrogens (tertiary/aromatic N) is 3. The van der Waals surface area contributed by atoms with Crippen LogP contribution >= 0.6 is 0 Å². The maximum atomic E-state index is 15.3. The summed E-state index contributed by atoms with van der Waals surface area (Å²) in [5.41, 5.74) is -0.458. The van der Waals surface area contributed by atoms with Gasteiger partial charge >= 0.3 is 17.9 Å². The third-order valence-corrected chi connectivity index (χ3v) is 16.0. The third-order valence-electron chi connectivity index (χ3n) is 16.0. The van der Waals surface area contributed by atoms with Crippen LogP contribution in [0, 0.1) is 17.3 Å². The van der Waals surface area contributed by atoms with E-state index in [0.717, 1.165) is 61.4 Å². The number of carbonyl (C=O) groups is 3. The second-order valence-electron chi connectivity index (χ2n) is 18.4. The van der Waals surface area contributed by atoms with Crippen molar-refractivity contribution in [3.63, 3.8) is 0 Å². The van der Waals surface area contributed by atoms with Gasteiger partial charge in [-0.1, -0.05) is 50.6 Å². The lowest BCUT2D eigenvalue weighted by atomic mass is 9.47. The van der Waals surface area contributed by atoms with E-state index in [1.54, 1.807) is 7.11 Å². The van der Waals surface area contributed by atoms with E-state index in [0.29, 0.717) is 44.0 Å². The van der Waals surface area contributed by atoms with Crippen LogP contribution in [0.2, 0.25) is 0 Å². The molecule has 2 unspecified atom stereocenters. The van der Waals surface area contributed by atoms with Gasteiger partial charge < -0.3 is 39.2 Å². The van der Waals surface area contributed by atoms with Crippen molar-refractivity contribution in [2.24, 2.45) is 17.3 Å². The van der Waals surface area contributed by atoms with Crippen LogP contribution in [0.5, 0.6) is 5.75 Å². The molecule has 12 atom stereocenters. The molecule has 12 nitrogen and oxygen atoms in total. The van der Waals surface area contributed by atoms with Crippen molar-refractivity contribution in [2.45, 2.75) is 106 Å². The summed E-state index contributed by atoms with van der Waals surface area (Å²) in [6.45, 7) is 9.93. The predicted octanol–water partition coefficient (Wildman–Crippen LogP) is 4.77. The number of rotatable bonds is 7. The maximum Gasteiger partial charge on any atom is 0.344 e. The highest BCUT2D eigenvalue weighted by atomic mass is 16.6. The average Bonchev–Trinajstić information content (AvgIpc) is 3.89. The Kier molecular flexibility index (Phi) is 9.48. The largest absolute Gasteiger partial charge is 0.496 e. The van der Waals surface area contributed by atoms with E-state index in [2.05, 4.69) is 58.5 Å². The summed E-state index contributed by atoms with van der Waals surface area (Å²) >= 11 is 0. The number of hydrogen-bond donors (Lipinski definition) is 2. The topological polar surface area (TPSA) is 130 Å². The lowest BCUT2D eigenvalue weighted by molar-refractivity contribution is -0.228. The molecule has 7 aliphatic rings. The zero-order valence-electron chi connectivity index (χ0n) is 35.1. The number of methoxy groups -OCH3 is 3. The first-order chi connectivity index (χ1) is 27.9. The zero-order chi connectivity index (χ0) is 40.9. The van der Waals surface area contributed by atoms with Gasteiger partial charge in [-0.15, -0.1) is 0 Å². The van der Waals surface area contributed by atoms with Gasteiger partial charge in [0.15, 0.2) is 6.10 Å². The molecule has 1 saturated carbocycles. The number of nitrogens with one attached hydrogen (secondary N) is 1. The molecular formula is C46H60N4O8. The minimum Gasteiger partial charge on any atom is -0.496 e. The fourth-order valence-electron chi connectivity index (χ4n) is 14.0. The van der Waals surface area contributed by atoms with Gasteiger partial charge in [-0.3, -0.25) is 14.5 Å². The van der Waals surface area contributed by atoms with Gasteiger partial charge in [0.1, 0.15) is 11.2 Å². The van der Waals surface area contributed by atoms with Crippen LogP contribution in [0.25, 0.3) is 0 Å². The molecule has 6 heterocycles. The number of ether oxygens (including phenoxy) is 4. The molecule has 12 heteroatoms. The quantitative estimate of drug-likeness (QED) is 0.228.